The molecule has 0 aliphatic carbocycles. The summed E-state index contributed by atoms with van der Waals surface area (Å²) < 4.78 is 5.67. The van der Waals surface area contributed by atoms with Gasteiger partial charge in [-0.2, -0.15) is 10.2 Å². The van der Waals surface area contributed by atoms with E-state index in [0.717, 1.165) is 28.1 Å². The second-order valence-electron chi connectivity index (χ2n) is 8.03. The Morgan fingerprint density at radius 2 is 1.66 bits per heavy atom. The van der Waals surface area contributed by atoms with Crippen molar-refractivity contribution in [3.8, 4) is 11.3 Å². The van der Waals surface area contributed by atoms with Gasteiger partial charge in [0.2, 0.25) is 0 Å². The molecule has 1 aliphatic heterocycles. The molecule has 4 N–H and O–H groups in total. The molecule has 0 radical (unpaired) electrons. The number of aromatic nitrogens is 2. The van der Waals surface area contributed by atoms with Crippen molar-refractivity contribution in [2.24, 2.45) is 0 Å². The van der Waals surface area contributed by atoms with E-state index >= 15 is 0 Å². The van der Waals surface area contributed by atoms with E-state index in [9.17, 15) is 20.4 Å². The Morgan fingerprint density at radius 3 is 2.31 bits per heavy atom. The molecule has 0 bridgehead atoms. The van der Waals surface area contributed by atoms with Crippen LogP contribution in [-0.4, -0.2) is 61.6 Å². The largest absolute Gasteiger partial charge is 0.394 e. The van der Waals surface area contributed by atoms with Gasteiger partial charge in [0.15, 0.2) is 0 Å². The average Bonchev–Trinajstić information content (AvgIpc) is 2.80. The smallest absolute Gasteiger partial charge is 0.113 e. The lowest BCUT2D eigenvalue weighted by atomic mass is 9.90. The van der Waals surface area contributed by atoms with E-state index in [-0.39, 0.29) is 0 Å². The van der Waals surface area contributed by atoms with Gasteiger partial charge in [0.1, 0.15) is 30.5 Å². The number of hydrogen-bond donors (Lipinski definition) is 4. The second-order valence-corrected chi connectivity index (χ2v) is 8.44. The van der Waals surface area contributed by atoms with Gasteiger partial charge < -0.3 is 25.2 Å². The average molecular weight is 457 g/mol. The third-order valence-electron chi connectivity index (χ3n) is 5.73. The van der Waals surface area contributed by atoms with Crippen LogP contribution < -0.4 is 0 Å². The summed E-state index contributed by atoms with van der Waals surface area (Å²) in [6.07, 6.45) is -5.47. The van der Waals surface area contributed by atoms with Crippen LogP contribution in [0.15, 0.2) is 54.6 Å². The first-order chi connectivity index (χ1) is 15.4. The highest BCUT2D eigenvalue weighted by atomic mass is 35.5. The molecular weight excluding hydrogens is 432 g/mol. The minimum absolute atomic E-state index is 0.473. The quantitative estimate of drug-likeness (QED) is 0.465. The Labute approximate surface area is 190 Å². The molecule has 0 unspecified atom stereocenters. The number of aryl methyl sites for hydroxylation is 1. The second kappa shape index (κ2) is 9.62. The van der Waals surface area contributed by atoms with Crippen molar-refractivity contribution in [3.05, 3.63) is 82.0 Å². The van der Waals surface area contributed by atoms with Crippen LogP contribution in [0.25, 0.3) is 11.3 Å². The molecule has 1 saturated heterocycles. The molecule has 0 spiro atoms. The highest BCUT2D eigenvalue weighted by Crippen LogP contribution is 2.34. The van der Waals surface area contributed by atoms with Gasteiger partial charge in [0.05, 0.1) is 18.0 Å². The SMILES string of the molecule is Cc1ccc(-c2ccc(Cc3cc([C@@H]4O[C@H](CO)[C@@H](O)[C@H](O)[C@H]4O)ccc3Cl)cc2)nn1. The molecule has 3 aromatic rings. The van der Waals surface area contributed by atoms with E-state index in [1.54, 1.807) is 12.1 Å². The minimum Gasteiger partial charge on any atom is -0.394 e. The lowest BCUT2D eigenvalue weighted by molar-refractivity contribution is -0.231. The summed E-state index contributed by atoms with van der Waals surface area (Å²) in [5.41, 5.74) is 5.07. The van der Waals surface area contributed by atoms with Crippen LogP contribution in [0.4, 0.5) is 0 Å². The van der Waals surface area contributed by atoms with Crippen molar-refractivity contribution >= 4 is 11.6 Å². The molecule has 0 amide bonds. The zero-order valence-electron chi connectivity index (χ0n) is 17.5. The monoisotopic (exact) mass is 456 g/mol. The minimum atomic E-state index is -1.43. The summed E-state index contributed by atoms with van der Waals surface area (Å²) in [6.45, 7) is 1.42. The fourth-order valence-electron chi connectivity index (χ4n) is 3.85. The summed E-state index contributed by atoms with van der Waals surface area (Å²) in [4.78, 5) is 0. The first-order valence-corrected chi connectivity index (χ1v) is 10.7. The molecule has 0 saturated carbocycles. The van der Waals surface area contributed by atoms with Crippen LogP contribution in [0, 0.1) is 6.92 Å². The molecular formula is C24H25ClN2O5. The Bertz CT molecular complexity index is 1060. The van der Waals surface area contributed by atoms with Gasteiger partial charge in [0.25, 0.3) is 0 Å². The third kappa shape index (κ3) is 4.68. The fourth-order valence-corrected chi connectivity index (χ4v) is 4.03. The molecule has 1 fully saturated rings. The molecule has 1 aliphatic rings. The normalized spacial score (nSPS) is 25.6. The Balaban J connectivity index is 1.55. The van der Waals surface area contributed by atoms with E-state index in [4.69, 9.17) is 16.3 Å². The van der Waals surface area contributed by atoms with Crippen LogP contribution in [0.2, 0.25) is 5.02 Å². The molecule has 2 heterocycles. The van der Waals surface area contributed by atoms with E-state index in [2.05, 4.69) is 10.2 Å². The number of aliphatic hydroxyl groups is 4. The molecule has 8 heteroatoms. The van der Waals surface area contributed by atoms with Crippen molar-refractivity contribution in [1.29, 1.82) is 0 Å². The summed E-state index contributed by atoms with van der Waals surface area (Å²) in [5, 5.41) is 48.8. The molecule has 2 aromatic carbocycles. The van der Waals surface area contributed by atoms with Gasteiger partial charge in [0, 0.05) is 10.6 Å². The Morgan fingerprint density at radius 1 is 0.906 bits per heavy atom. The first-order valence-electron chi connectivity index (χ1n) is 10.4. The van der Waals surface area contributed by atoms with Gasteiger partial charge in [-0.3, -0.25) is 0 Å². The third-order valence-corrected chi connectivity index (χ3v) is 6.10. The molecule has 7 nitrogen and oxygen atoms in total. The maximum absolute atomic E-state index is 10.4. The lowest BCUT2D eigenvalue weighted by Gasteiger charge is -2.40. The molecule has 1 aromatic heterocycles. The molecule has 5 atom stereocenters. The van der Waals surface area contributed by atoms with Crippen molar-refractivity contribution < 1.29 is 25.2 Å². The summed E-state index contributed by atoms with van der Waals surface area (Å²) in [6, 6.07) is 17.0. The molecule has 4 rings (SSSR count). The number of halogens is 1. The van der Waals surface area contributed by atoms with Crippen molar-refractivity contribution in [2.45, 2.75) is 43.9 Å². The van der Waals surface area contributed by atoms with Gasteiger partial charge >= 0.3 is 0 Å². The van der Waals surface area contributed by atoms with Crippen LogP contribution in [0.3, 0.4) is 0 Å². The predicted octanol–water partition coefficient (Wildman–Crippen LogP) is 2.21. The maximum atomic E-state index is 10.4. The van der Waals surface area contributed by atoms with E-state index in [0.29, 0.717) is 17.0 Å². The highest BCUT2D eigenvalue weighted by Gasteiger charge is 2.44. The van der Waals surface area contributed by atoms with Crippen LogP contribution in [0.1, 0.15) is 28.5 Å². The predicted molar refractivity (Wildman–Crippen MR) is 119 cm³/mol. The van der Waals surface area contributed by atoms with E-state index in [1.807, 2.05) is 49.4 Å². The number of rotatable bonds is 5. The summed E-state index contributed by atoms with van der Waals surface area (Å²) >= 11 is 6.42. The standard InChI is InChI=1S/C24H25ClN2O5/c1-13-2-9-19(27-26-13)15-5-3-14(4-6-15)10-17-11-16(7-8-18(17)25)24-23(31)22(30)21(29)20(12-28)32-24/h2-9,11,20-24,28-31H,10,12H2,1H3/t20-,21-,22+,23-,24+/m1/s1. The maximum Gasteiger partial charge on any atom is 0.113 e. The summed E-state index contributed by atoms with van der Waals surface area (Å²) in [7, 11) is 0. The first kappa shape index (κ1) is 22.8. The van der Waals surface area contributed by atoms with E-state index < -0.39 is 37.1 Å². The molecule has 168 valence electrons. The number of ether oxygens (including phenoxy) is 1. The number of aliphatic hydroxyl groups excluding tert-OH is 4. The van der Waals surface area contributed by atoms with Gasteiger partial charge in [-0.15, -0.1) is 0 Å². The topological polar surface area (TPSA) is 116 Å². The molecule has 32 heavy (non-hydrogen) atoms. The fraction of sp³-hybridized carbons (Fsp3) is 0.333. The van der Waals surface area contributed by atoms with Crippen LogP contribution in [-0.2, 0) is 11.2 Å². The zero-order chi connectivity index (χ0) is 22.8. The number of nitrogens with zero attached hydrogens (tertiary/aromatic N) is 2. The van der Waals surface area contributed by atoms with Gasteiger partial charge in [-0.25, -0.2) is 0 Å². The van der Waals surface area contributed by atoms with Crippen molar-refractivity contribution in [3.63, 3.8) is 0 Å². The van der Waals surface area contributed by atoms with Crippen molar-refractivity contribution in [1.82, 2.24) is 10.2 Å². The lowest BCUT2D eigenvalue weighted by Crippen LogP contribution is -2.55. The highest BCUT2D eigenvalue weighted by molar-refractivity contribution is 6.31. The van der Waals surface area contributed by atoms with Crippen molar-refractivity contribution in [2.75, 3.05) is 6.61 Å². The van der Waals surface area contributed by atoms with E-state index in [1.165, 1.54) is 0 Å². The zero-order valence-corrected chi connectivity index (χ0v) is 18.2. The number of hydrogen-bond acceptors (Lipinski definition) is 7. The van der Waals surface area contributed by atoms with Crippen LogP contribution >= 0.6 is 11.6 Å². The van der Waals surface area contributed by atoms with Gasteiger partial charge in [-0.1, -0.05) is 48.0 Å². The Hall–Kier alpha value is -2.39. The van der Waals surface area contributed by atoms with Crippen LogP contribution in [0.5, 0.6) is 0 Å². The van der Waals surface area contributed by atoms with Gasteiger partial charge in [-0.05, 0) is 48.2 Å². The number of benzene rings is 2. The summed E-state index contributed by atoms with van der Waals surface area (Å²) in [5.74, 6) is 0. The Kier molecular flexibility index (Phi) is 6.85.